The minimum Gasteiger partial charge on any atom is -0.854 e. The third-order valence-electron chi connectivity index (χ3n) is 3.58. The average molecular weight is 379 g/mol. The molecule has 0 amide bonds. The van der Waals surface area contributed by atoms with Gasteiger partial charge in [-0.2, -0.15) is 13.2 Å². The predicted octanol–water partition coefficient (Wildman–Crippen LogP) is 1.71. The van der Waals surface area contributed by atoms with Crippen LogP contribution < -0.4 is 20.2 Å². The predicted molar refractivity (Wildman–Crippen MR) is 85.1 cm³/mol. The number of ether oxygens (including phenoxy) is 1. The van der Waals surface area contributed by atoms with Crippen molar-refractivity contribution in [1.82, 2.24) is 5.27 Å². The topological polar surface area (TPSA) is 94.5 Å². The van der Waals surface area contributed by atoms with Crippen molar-refractivity contribution in [2.24, 2.45) is 4.99 Å². The minimum absolute atomic E-state index is 0.239. The highest BCUT2D eigenvalue weighted by molar-refractivity contribution is 5.88. The molecule has 0 aliphatic heterocycles. The molecular weight excluding hydrogens is 367 g/mol. The van der Waals surface area contributed by atoms with Gasteiger partial charge in [-0.05, 0) is 40.3 Å². The normalized spacial score (nSPS) is 12.2. The molecule has 7 nitrogen and oxygen atoms in total. The van der Waals surface area contributed by atoms with Gasteiger partial charge in [-0.3, -0.25) is 9.52 Å². The molecule has 3 rings (SSSR count). The van der Waals surface area contributed by atoms with Crippen molar-refractivity contribution in [3.8, 4) is 11.4 Å². The van der Waals surface area contributed by atoms with Crippen molar-refractivity contribution in [2.45, 2.75) is 6.18 Å². The summed E-state index contributed by atoms with van der Waals surface area (Å²) in [7, 11) is 1.48. The van der Waals surface area contributed by atoms with Gasteiger partial charge in [0, 0.05) is 12.1 Å². The van der Waals surface area contributed by atoms with Gasteiger partial charge in [-0.25, -0.2) is 4.79 Å². The van der Waals surface area contributed by atoms with Crippen LogP contribution in [-0.4, -0.2) is 18.3 Å². The van der Waals surface area contributed by atoms with Crippen molar-refractivity contribution in [3.05, 3.63) is 70.2 Å². The summed E-state index contributed by atoms with van der Waals surface area (Å²) < 4.78 is 49.0. The lowest BCUT2D eigenvalue weighted by molar-refractivity contribution is -0.673. The van der Waals surface area contributed by atoms with E-state index in [4.69, 9.17) is 4.74 Å². The van der Waals surface area contributed by atoms with E-state index in [0.717, 1.165) is 16.8 Å². The van der Waals surface area contributed by atoms with Crippen LogP contribution in [0.3, 0.4) is 0 Å². The molecule has 0 unspecified atom stereocenters. The Labute approximate surface area is 149 Å². The number of hydrogen-bond acceptors (Lipinski definition) is 5. The molecule has 2 aromatic carbocycles. The molecule has 27 heavy (non-hydrogen) atoms. The molecule has 1 N–H and O–H groups in total. The molecule has 10 heteroatoms. The van der Waals surface area contributed by atoms with E-state index in [9.17, 15) is 23.1 Å². The number of alkyl halides is 3. The third-order valence-corrected chi connectivity index (χ3v) is 3.58. The summed E-state index contributed by atoms with van der Waals surface area (Å²) in [5.41, 5.74) is -2.33. The number of aromatic nitrogens is 2. The first-order valence-corrected chi connectivity index (χ1v) is 7.51. The smallest absolute Gasteiger partial charge is 0.436 e. The van der Waals surface area contributed by atoms with Gasteiger partial charge in [0.05, 0.1) is 24.3 Å². The second-order valence-electron chi connectivity index (χ2n) is 5.33. The Bertz CT molecular complexity index is 1040. The maximum atomic E-state index is 12.8. The molecule has 0 radical (unpaired) electrons. The zero-order chi connectivity index (χ0) is 19.6. The molecule has 3 aromatic rings. The lowest BCUT2D eigenvalue weighted by atomic mass is 10.2. The van der Waals surface area contributed by atoms with Crippen molar-refractivity contribution < 1.29 is 32.2 Å². The van der Waals surface area contributed by atoms with Gasteiger partial charge in [-0.1, -0.05) is 6.07 Å². The molecular formula is C17H12F3N3O4. The summed E-state index contributed by atoms with van der Waals surface area (Å²) in [5.74, 6) is -0.508. The van der Waals surface area contributed by atoms with E-state index in [1.807, 2.05) is 0 Å². The molecule has 0 saturated heterocycles. The molecule has 0 bridgehead atoms. The monoisotopic (exact) mass is 379 g/mol. The van der Waals surface area contributed by atoms with Crippen molar-refractivity contribution in [3.63, 3.8) is 0 Å². The second kappa shape index (κ2) is 6.98. The highest BCUT2D eigenvalue weighted by Gasteiger charge is 2.30. The number of methoxy groups -OCH3 is 1. The molecule has 0 atom stereocenters. The van der Waals surface area contributed by atoms with E-state index >= 15 is 0 Å². The number of hydrogen-bond donors (Lipinski definition) is 1. The lowest BCUT2D eigenvalue weighted by Gasteiger charge is -2.08. The molecule has 1 aromatic heterocycles. The minimum atomic E-state index is -4.58. The van der Waals surface area contributed by atoms with E-state index in [1.54, 1.807) is 24.3 Å². The van der Waals surface area contributed by atoms with Crippen LogP contribution in [0.1, 0.15) is 11.3 Å². The van der Waals surface area contributed by atoms with Crippen LogP contribution in [0.25, 0.3) is 5.69 Å². The zero-order valence-corrected chi connectivity index (χ0v) is 13.8. The van der Waals surface area contributed by atoms with Gasteiger partial charge in [0.15, 0.2) is 0 Å². The zero-order valence-electron chi connectivity index (χ0n) is 13.8. The Hall–Kier alpha value is -3.56. The van der Waals surface area contributed by atoms with Gasteiger partial charge in [0.25, 0.3) is 0 Å². The van der Waals surface area contributed by atoms with E-state index < -0.39 is 29.0 Å². The Morgan fingerprint density at radius 3 is 2.56 bits per heavy atom. The van der Waals surface area contributed by atoms with Gasteiger partial charge in [-0.15, -0.1) is 0 Å². The van der Waals surface area contributed by atoms with Crippen molar-refractivity contribution >= 4 is 11.6 Å². The molecule has 140 valence electrons. The molecule has 0 aliphatic rings. The summed E-state index contributed by atoms with van der Waals surface area (Å²) in [6, 6.07) is 10.2. The van der Waals surface area contributed by atoms with E-state index in [-0.39, 0.29) is 5.69 Å². The molecule has 0 aliphatic carbocycles. The van der Waals surface area contributed by atoms with Crippen LogP contribution in [0.4, 0.5) is 18.9 Å². The first-order chi connectivity index (χ1) is 12.8. The highest BCUT2D eigenvalue weighted by Crippen LogP contribution is 2.31. The maximum Gasteiger partial charge on any atom is 0.436 e. The van der Waals surface area contributed by atoms with Crippen molar-refractivity contribution in [2.75, 3.05) is 7.11 Å². The average Bonchev–Trinajstić information content (AvgIpc) is 3.03. The number of nitrogens with one attached hydrogen (secondary N) is 1. The number of benzene rings is 2. The standard InChI is InChI=1S/C17H12F3N3O4/c1-26-13-7-5-12(6-8-13)23-14(16(25)27-22-23)15(24)21-11-4-2-3-10(9-11)17(18,19)20/h2-9H,1H3,(H-,21,22,24,25). The summed E-state index contributed by atoms with van der Waals surface area (Å²) in [6.07, 6.45) is -4.58. The first-order valence-electron chi connectivity index (χ1n) is 7.51. The Kier molecular flexibility index (Phi) is 4.72. The fraction of sp³-hybridized carbons (Fsp3) is 0.118. The fourth-order valence-corrected chi connectivity index (χ4v) is 2.29. The van der Waals surface area contributed by atoms with E-state index in [1.165, 1.54) is 13.2 Å². The largest absolute Gasteiger partial charge is 0.854 e. The Balaban J connectivity index is 2.03. The van der Waals surface area contributed by atoms with Crippen LogP contribution in [0.15, 0.2) is 62.8 Å². The second-order valence-corrected chi connectivity index (χ2v) is 5.33. The highest BCUT2D eigenvalue weighted by atomic mass is 19.4. The quantitative estimate of drug-likeness (QED) is 0.424. The maximum absolute atomic E-state index is 12.8. The third kappa shape index (κ3) is 3.84. The Morgan fingerprint density at radius 2 is 1.93 bits per heavy atom. The van der Waals surface area contributed by atoms with Crippen LogP contribution in [0.2, 0.25) is 0 Å². The molecule has 0 fully saturated rings. The fourth-order valence-electron chi connectivity index (χ4n) is 2.29. The van der Waals surface area contributed by atoms with Crippen LogP contribution in [0.5, 0.6) is 5.75 Å². The number of nitrogens with zero attached hydrogens (tertiary/aromatic N) is 2. The number of aliphatic imine (C=N–C) groups is 1. The molecule has 1 heterocycles. The number of rotatable bonds is 4. The van der Waals surface area contributed by atoms with Crippen LogP contribution >= 0.6 is 0 Å². The summed E-state index contributed by atoms with van der Waals surface area (Å²) >= 11 is 0. The van der Waals surface area contributed by atoms with Gasteiger partial charge < -0.3 is 9.84 Å². The van der Waals surface area contributed by atoms with Gasteiger partial charge >= 0.3 is 17.5 Å². The SMILES string of the molecule is COc1ccc(-[n+]2[nH]oc(=O)c2C([O-])=Nc2cccc(C(F)(F)F)c2)cc1. The molecule has 0 saturated carbocycles. The summed E-state index contributed by atoms with van der Waals surface area (Å²) in [4.78, 5) is 15.5. The Morgan fingerprint density at radius 1 is 1.22 bits per heavy atom. The van der Waals surface area contributed by atoms with Crippen LogP contribution in [-0.2, 0) is 6.18 Å². The van der Waals surface area contributed by atoms with Gasteiger partial charge in [0.1, 0.15) is 5.75 Å². The summed E-state index contributed by atoms with van der Waals surface area (Å²) in [6.45, 7) is 0. The van der Waals surface area contributed by atoms with Crippen LogP contribution in [0, 0.1) is 0 Å². The van der Waals surface area contributed by atoms with E-state index in [2.05, 4.69) is 14.8 Å². The number of halogens is 3. The lowest BCUT2D eigenvalue weighted by Crippen LogP contribution is -2.44. The number of aromatic amines is 1. The summed E-state index contributed by atoms with van der Waals surface area (Å²) in [5, 5.41) is 14.7. The van der Waals surface area contributed by atoms with E-state index in [0.29, 0.717) is 17.5 Å². The number of H-pyrrole nitrogens is 1. The molecule has 0 spiro atoms. The first kappa shape index (κ1) is 18.2. The van der Waals surface area contributed by atoms with Gasteiger partial charge in [0.2, 0.25) is 5.69 Å². The van der Waals surface area contributed by atoms with Crippen molar-refractivity contribution in [1.29, 1.82) is 0 Å².